The van der Waals surface area contributed by atoms with E-state index in [-0.39, 0.29) is 18.3 Å². The molecule has 1 aromatic heterocycles. The van der Waals surface area contributed by atoms with Crippen LogP contribution in [0.2, 0.25) is 0 Å². The number of rotatable bonds is 9. The topological polar surface area (TPSA) is 142 Å². The van der Waals surface area contributed by atoms with Crippen LogP contribution < -0.4 is 22.3 Å². The van der Waals surface area contributed by atoms with Gasteiger partial charge in [0.25, 0.3) is 11.5 Å². The van der Waals surface area contributed by atoms with Crippen LogP contribution in [0.5, 0.6) is 0 Å². The number of aromatic nitrogens is 2. The number of nitrogen functional groups attached to an aromatic ring is 1. The number of anilines is 1. The van der Waals surface area contributed by atoms with Crippen molar-refractivity contribution in [2.75, 3.05) is 12.3 Å². The Morgan fingerprint density at radius 2 is 1.79 bits per heavy atom. The van der Waals surface area contributed by atoms with Crippen molar-refractivity contribution in [1.29, 1.82) is 0 Å². The normalized spacial score (nSPS) is 11.8. The van der Waals surface area contributed by atoms with Crippen LogP contribution in [0.1, 0.15) is 53.5 Å². The number of carbonyl (C=O) groups excluding carboxylic acids is 3. The lowest BCUT2D eigenvalue weighted by molar-refractivity contribution is -0.145. The third-order valence-electron chi connectivity index (χ3n) is 5.25. The van der Waals surface area contributed by atoms with Crippen molar-refractivity contribution >= 4 is 23.5 Å². The molecule has 0 unspecified atom stereocenters. The number of benzene rings is 1. The van der Waals surface area contributed by atoms with Gasteiger partial charge < -0.3 is 15.8 Å². The molecule has 0 spiro atoms. The van der Waals surface area contributed by atoms with E-state index in [1.165, 1.54) is 7.05 Å². The Balaban J connectivity index is 2.21. The number of amides is 1. The highest BCUT2D eigenvalue weighted by molar-refractivity contribution is 6.02. The summed E-state index contributed by atoms with van der Waals surface area (Å²) in [7, 11) is 1.24. The molecule has 3 N–H and O–H groups in total. The molecule has 1 heterocycles. The van der Waals surface area contributed by atoms with Crippen molar-refractivity contribution in [3.8, 4) is 0 Å². The van der Waals surface area contributed by atoms with Gasteiger partial charge in [0.1, 0.15) is 17.4 Å². The Hall–Kier alpha value is -3.69. The molecular formula is C23H30N4O6. The highest BCUT2D eigenvalue weighted by Gasteiger charge is 2.28. The Morgan fingerprint density at radius 1 is 1.15 bits per heavy atom. The van der Waals surface area contributed by atoms with Crippen LogP contribution in [-0.2, 0) is 23.1 Å². The van der Waals surface area contributed by atoms with Gasteiger partial charge in [-0.1, -0.05) is 39.0 Å². The van der Waals surface area contributed by atoms with E-state index in [4.69, 9.17) is 10.5 Å². The number of hydrogen-bond acceptors (Lipinski definition) is 7. The minimum absolute atomic E-state index is 0.221. The zero-order chi connectivity index (χ0) is 24.9. The number of hydrogen-bond donors (Lipinski definition) is 2. The Bertz CT molecular complexity index is 1180. The molecule has 0 aliphatic rings. The van der Waals surface area contributed by atoms with Crippen LogP contribution in [0.4, 0.5) is 5.82 Å². The second-order valence-corrected chi connectivity index (χ2v) is 8.10. The van der Waals surface area contributed by atoms with Crippen LogP contribution in [0.25, 0.3) is 0 Å². The average molecular weight is 459 g/mol. The zero-order valence-electron chi connectivity index (χ0n) is 19.5. The summed E-state index contributed by atoms with van der Waals surface area (Å²) in [5.41, 5.74) is 5.19. The van der Waals surface area contributed by atoms with E-state index in [2.05, 4.69) is 5.32 Å². The van der Waals surface area contributed by atoms with Crippen molar-refractivity contribution < 1.29 is 19.1 Å². The van der Waals surface area contributed by atoms with Gasteiger partial charge in [-0.3, -0.25) is 23.5 Å². The molecule has 1 atom stereocenters. The van der Waals surface area contributed by atoms with Crippen molar-refractivity contribution in [2.24, 2.45) is 13.0 Å². The molecule has 10 heteroatoms. The number of ether oxygens (including phenoxy) is 1. The number of aryl methyl sites for hydroxylation is 1. The highest BCUT2D eigenvalue weighted by atomic mass is 16.5. The van der Waals surface area contributed by atoms with Gasteiger partial charge in [-0.15, -0.1) is 0 Å². The first-order chi connectivity index (χ1) is 15.5. The molecule has 0 aliphatic carbocycles. The zero-order valence-corrected chi connectivity index (χ0v) is 19.5. The first kappa shape index (κ1) is 25.6. The van der Waals surface area contributed by atoms with E-state index in [1.807, 2.05) is 6.92 Å². The molecule has 2 rings (SSSR count). The number of nitrogens with two attached hydrogens (primary N) is 1. The van der Waals surface area contributed by atoms with Crippen LogP contribution in [0, 0.1) is 12.8 Å². The van der Waals surface area contributed by atoms with Crippen LogP contribution >= 0.6 is 0 Å². The maximum absolute atomic E-state index is 12.7. The molecule has 0 fully saturated rings. The van der Waals surface area contributed by atoms with Gasteiger partial charge in [0.05, 0.1) is 0 Å². The number of carbonyl (C=O) groups is 3. The summed E-state index contributed by atoms with van der Waals surface area (Å²) < 4.78 is 7.06. The summed E-state index contributed by atoms with van der Waals surface area (Å²) in [6, 6.07) is 5.91. The third kappa shape index (κ3) is 5.57. The van der Waals surface area contributed by atoms with E-state index < -0.39 is 47.1 Å². The van der Waals surface area contributed by atoms with Crippen LogP contribution in [0.15, 0.2) is 33.9 Å². The maximum atomic E-state index is 12.7. The van der Waals surface area contributed by atoms with Gasteiger partial charge in [-0.05, 0) is 30.9 Å². The van der Waals surface area contributed by atoms with E-state index in [1.54, 1.807) is 45.0 Å². The quantitative estimate of drug-likeness (QED) is 0.422. The number of Topliss-reactive ketones (excluding diaryl/α,β-unsaturated/α-hetero) is 1. The maximum Gasteiger partial charge on any atom is 0.332 e. The van der Waals surface area contributed by atoms with Crippen molar-refractivity contribution in [2.45, 2.75) is 46.7 Å². The summed E-state index contributed by atoms with van der Waals surface area (Å²) in [4.78, 5) is 62.8. The Kier molecular flexibility index (Phi) is 8.33. The van der Waals surface area contributed by atoms with Crippen molar-refractivity contribution in [1.82, 2.24) is 14.5 Å². The second kappa shape index (κ2) is 10.8. The first-order valence-electron chi connectivity index (χ1n) is 10.7. The van der Waals surface area contributed by atoms with Gasteiger partial charge in [-0.2, -0.15) is 0 Å². The van der Waals surface area contributed by atoms with E-state index in [9.17, 15) is 24.0 Å². The van der Waals surface area contributed by atoms with E-state index in [0.717, 1.165) is 14.7 Å². The molecule has 2 aromatic rings. The molecular weight excluding hydrogens is 428 g/mol. The standard InChI is InChI=1S/C23H30N4O6/c1-6-11-27-19(24)17(21(30)26(5)23(27)32)16(28)12-33-22(31)18(13(2)3)25-20(29)15-10-8-7-9-14(15)4/h7-10,13,18H,6,11-12,24H2,1-5H3,(H,25,29)/t18-/m1/s1. The minimum Gasteiger partial charge on any atom is -0.456 e. The molecule has 0 radical (unpaired) electrons. The van der Waals surface area contributed by atoms with Crippen molar-refractivity contribution in [3.63, 3.8) is 0 Å². The fraction of sp³-hybridized carbons (Fsp3) is 0.435. The minimum atomic E-state index is -1.01. The fourth-order valence-corrected chi connectivity index (χ4v) is 3.33. The summed E-state index contributed by atoms with van der Waals surface area (Å²) in [5, 5.41) is 2.64. The molecule has 1 amide bonds. The lowest BCUT2D eigenvalue weighted by Gasteiger charge is -2.21. The number of esters is 1. The van der Waals surface area contributed by atoms with Gasteiger partial charge in [0.2, 0.25) is 5.78 Å². The lowest BCUT2D eigenvalue weighted by atomic mass is 10.0. The molecule has 0 aliphatic heterocycles. The molecule has 0 saturated heterocycles. The van der Waals surface area contributed by atoms with E-state index in [0.29, 0.717) is 12.0 Å². The van der Waals surface area contributed by atoms with Crippen molar-refractivity contribution in [3.05, 3.63) is 61.8 Å². The SMILES string of the molecule is CCCn1c(N)c(C(=O)COC(=O)[C@H](NC(=O)c2ccccc2C)C(C)C)c(=O)n(C)c1=O. The molecule has 1 aromatic carbocycles. The monoisotopic (exact) mass is 458 g/mol. The van der Waals surface area contributed by atoms with Gasteiger partial charge in [0.15, 0.2) is 6.61 Å². The largest absolute Gasteiger partial charge is 0.456 e. The average Bonchev–Trinajstić information content (AvgIpc) is 2.77. The molecule has 33 heavy (non-hydrogen) atoms. The van der Waals surface area contributed by atoms with Gasteiger partial charge in [-0.25, -0.2) is 9.59 Å². The molecule has 0 saturated carbocycles. The lowest BCUT2D eigenvalue weighted by Crippen LogP contribution is -2.46. The van der Waals surface area contributed by atoms with Gasteiger partial charge in [0, 0.05) is 19.2 Å². The fourth-order valence-electron chi connectivity index (χ4n) is 3.33. The molecule has 10 nitrogen and oxygen atoms in total. The summed E-state index contributed by atoms with van der Waals surface area (Å²) in [5.74, 6) is -2.69. The first-order valence-corrected chi connectivity index (χ1v) is 10.7. The van der Waals surface area contributed by atoms with E-state index >= 15 is 0 Å². The van der Waals surface area contributed by atoms with Crippen LogP contribution in [0.3, 0.4) is 0 Å². The smallest absolute Gasteiger partial charge is 0.332 e. The Labute approximate surface area is 191 Å². The number of nitrogens with one attached hydrogen (secondary N) is 1. The highest BCUT2D eigenvalue weighted by Crippen LogP contribution is 2.11. The predicted molar refractivity (Wildman–Crippen MR) is 123 cm³/mol. The summed E-state index contributed by atoms with van der Waals surface area (Å²) in [6.45, 7) is 6.50. The van der Waals surface area contributed by atoms with Gasteiger partial charge >= 0.3 is 11.7 Å². The third-order valence-corrected chi connectivity index (χ3v) is 5.25. The summed E-state index contributed by atoms with van der Waals surface area (Å²) >= 11 is 0. The predicted octanol–water partition coefficient (Wildman–Crippen LogP) is 1.03. The molecule has 0 bridgehead atoms. The van der Waals surface area contributed by atoms with Crippen LogP contribution in [-0.4, -0.2) is 39.4 Å². The number of nitrogens with zero attached hydrogens (tertiary/aromatic N) is 2. The number of ketones is 1. The summed E-state index contributed by atoms with van der Waals surface area (Å²) in [6.07, 6.45) is 0.557. The molecule has 178 valence electrons. The second-order valence-electron chi connectivity index (χ2n) is 8.10. The Morgan fingerprint density at radius 3 is 2.36 bits per heavy atom.